The summed E-state index contributed by atoms with van der Waals surface area (Å²) in [5.74, 6) is 0.163. The molecule has 1 aromatic carbocycles. The molecule has 76 valence electrons. The standard InChI is InChI=1S/C12H12NOS/c1-10-4-2-3-5-11(10)12(14)8-13-6-7-15-9-13/h2-7,9H,8H2,1H3/q+1. The summed E-state index contributed by atoms with van der Waals surface area (Å²) < 4.78 is 1.90. The summed E-state index contributed by atoms with van der Waals surface area (Å²) in [5.41, 5.74) is 3.80. The minimum Gasteiger partial charge on any atom is -0.287 e. The zero-order valence-electron chi connectivity index (χ0n) is 8.51. The SMILES string of the molecule is Cc1ccccc1C(=O)C[n+]1ccsc1. The number of rotatable bonds is 3. The molecule has 0 unspecified atom stereocenters. The minimum absolute atomic E-state index is 0.163. The predicted octanol–water partition coefficient (Wildman–Crippen LogP) is 2.23. The first-order valence-corrected chi connectivity index (χ1v) is 5.72. The fourth-order valence-electron chi connectivity index (χ4n) is 1.49. The van der Waals surface area contributed by atoms with Gasteiger partial charge in [-0.05, 0) is 12.5 Å². The largest absolute Gasteiger partial charge is 0.287 e. The second-order valence-corrected chi connectivity index (χ2v) is 4.19. The van der Waals surface area contributed by atoms with Crippen molar-refractivity contribution >= 4 is 17.1 Å². The number of aromatic nitrogens is 1. The van der Waals surface area contributed by atoms with E-state index in [0.717, 1.165) is 11.1 Å². The number of hydrogen-bond donors (Lipinski definition) is 0. The first-order valence-electron chi connectivity index (χ1n) is 4.77. The van der Waals surface area contributed by atoms with E-state index in [1.54, 1.807) is 11.3 Å². The first-order chi connectivity index (χ1) is 7.27. The fourth-order valence-corrected chi connectivity index (χ4v) is 2.09. The number of benzene rings is 1. The van der Waals surface area contributed by atoms with E-state index >= 15 is 0 Å². The maximum Gasteiger partial charge on any atom is 0.227 e. The number of carbonyl (C=O) groups excluding carboxylic acids is 1. The summed E-state index contributed by atoms with van der Waals surface area (Å²) in [6, 6.07) is 7.69. The van der Waals surface area contributed by atoms with E-state index in [0.29, 0.717) is 6.54 Å². The average molecular weight is 218 g/mol. The number of thiazole rings is 1. The van der Waals surface area contributed by atoms with Crippen molar-refractivity contribution in [3.05, 3.63) is 52.5 Å². The molecular weight excluding hydrogens is 206 g/mol. The Kier molecular flexibility index (Phi) is 2.92. The highest BCUT2D eigenvalue weighted by Gasteiger charge is 2.13. The van der Waals surface area contributed by atoms with E-state index in [2.05, 4.69) is 0 Å². The Balaban J connectivity index is 2.19. The van der Waals surface area contributed by atoms with Crippen molar-refractivity contribution in [1.29, 1.82) is 0 Å². The van der Waals surface area contributed by atoms with E-state index in [9.17, 15) is 4.79 Å². The van der Waals surface area contributed by atoms with Gasteiger partial charge in [-0.15, -0.1) is 0 Å². The molecule has 0 bridgehead atoms. The molecular formula is C12H12NOS+. The number of carbonyl (C=O) groups is 1. The van der Waals surface area contributed by atoms with E-state index in [4.69, 9.17) is 0 Å². The van der Waals surface area contributed by atoms with Gasteiger partial charge in [-0.3, -0.25) is 4.79 Å². The summed E-state index contributed by atoms with van der Waals surface area (Å²) in [5, 5.41) is 1.96. The van der Waals surface area contributed by atoms with Crippen molar-refractivity contribution < 1.29 is 9.36 Å². The normalized spacial score (nSPS) is 10.2. The van der Waals surface area contributed by atoms with Crippen LogP contribution in [0.15, 0.2) is 41.4 Å². The van der Waals surface area contributed by atoms with Crippen LogP contribution in [0.1, 0.15) is 15.9 Å². The molecule has 0 amide bonds. The van der Waals surface area contributed by atoms with Crippen LogP contribution in [-0.2, 0) is 6.54 Å². The molecule has 15 heavy (non-hydrogen) atoms. The summed E-state index contributed by atoms with van der Waals surface area (Å²) in [6.45, 7) is 2.39. The lowest BCUT2D eigenvalue weighted by molar-refractivity contribution is -0.678. The monoisotopic (exact) mass is 218 g/mol. The average Bonchev–Trinajstić information content (AvgIpc) is 2.71. The molecule has 0 N–H and O–H groups in total. The van der Waals surface area contributed by atoms with Crippen LogP contribution in [0.5, 0.6) is 0 Å². The second kappa shape index (κ2) is 4.36. The first kappa shape index (κ1) is 10.1. The zero-order chi connectivity index (χ0) is 10.7. The topological polar surface area (TPSA) is 20.9 Å². The molecule has 1 aromatic heterocycles. The Morgan fingerprint density at radius 1 is 1.40 bits per heavy atom. The van der Waals surface area contributed by atoms with Gasteiger partial charge in [-0.25, -0.2) is 0 Å². The molecule has 0 aliphatic heterocycles. The molecule has 3 heteroatoms. The van der Waals surface area contributed by atoms with Gasteiger partial charge in [0.15, 0.2) is 6.20 Å². The lowest BCUT2D eigenvalue weighted by Gasteiger charge is -2.00. The summed E-state index contributed by atoms with van der Waals surface area (Å²) in [6.07, 6.45) is 1.92. The van der Waals surface area contributed by atoms with Gasteiger partial charge >= 0.3 is 0 Å². The fraction of sp³-hybridized carbons (Fsp3) is 0.167. The molecule has 0 aliphatic rings. The summed E-state index contributed by atoms with van der Waals surface area (Å²) in [4.78, 5) is 11.9. The summed E-state index contributed by atoms with van der Waals surface area (Å²) >= 11 is 1.59. The van der Waals surface area contributed by atoms with Gasteiger partial charge in [0.1, 0.15) is 0 Å². The molecule has 2 rings (SSSR count). The van der Waals surface area contributed by atoms with Gasteiger partial charge in [-0.1, -0.05) is 35.6 Å². The molecule has 2 nitrogen and oxygen atoms in total. The van der Waals surface area contributed by atoms with Crippen LogP contribution in [0, 0.1) is 6.92 Å². The van der Waals surface area contributed by atoms with Gasteiger partial charge in [-0.2, -0.15) is 4.57 Å². The van der Waals surface area contributed by atoms with Crippen molar-refractivity contribution in [2.45, 2.75) is 13.5 Å². The third kappa shape index (κ3) is 2.30. The minimum atomic E-state index is 0.163. The molecule has 0 saturated heterocycles. The molecule has 0 spiro atoms. The maximum atomic E-state index is 11.9. The highest BCUT2D eigenvalue weighted by atomic mass is 32.1. The van der Waals surface area contributed by atoms with Crippen LogP contribution >= 0.6 is 11.3 Å². The van der Waals surface area contributed by atoms with Crippen LogP contribution < -0.4 is 4.57 Å². The molecule has 0 radical (unpaired) electrons. The van der Waals surface area contributed by atoms with E-state index < -0.39 is 0 Å². The zero-order valence-corrected chi connectivity index (χ0v) is 9.33. The highest BCUT2D eigenvalue weighted by Crippen LogP contribution is 2.07. The predicted molar refractivity (Wildman–Crippen MR) is 60.0 cm³/mol. The van der Waals surface area contributed by atoms with Gasteiger partial charge in [0.2, 0.25) is 17.8 Å². The summed E-state index contributed by atoms with van der Waals surface area (Å²) in [7, 11) is 0. The third-order valence-electron chi connectivity index (χ3n) is 2.30. The Labute approximate surface area is 92.8 Å². The lowest BCUT2D eigenvalue weighted by Crippen LogP contribution is -2.35. The van der Waals surface area contributed by atoms with Crippen molar-refractivity contribution in [2.75, 3.05) is 0 Å². The van der Waals surface area contributed by atoms with Gasteiger partial charge in [0.05, 0.1) is 5.38 Å². The Morgan fingerprint density at radius 3 is 2.87 bits per heavy atom. The van der Waals surface area contributed by atoms with Crippen LogP contribution in [0.4, 0.5) is 0 Å². The smallest absolute Gasteiger partial charge is 0.227 e. The number of nitrogens with zero attached hydrogens (tertiary/aromatic N) is 1. The molecule has 0 aliphatic carbocycles. The van der Waals surface area contributed by atoms with Crippen LogP contribution in [0.3, 0.4) is 0 Å². The maximum absolute atomic E-state index is 11.9. The number of aryl methyl sites for hydroxylation is 1. The molecule has 0 atom stereocenters. The number of hydrogen-bond acceptors (Lipinski definition) is 2. The van der Waals surface area contributed by atoms with Gasteiger partial charge in [0, 0.05) is 5.56 Å². The highest BCUT2D eigenvalue weighted by molar-refractivity contribution is 7.07. The molecule has 1 heterocycles. The Bertz CT molecular complexity index is 462. The van der Waals surface area contributed by atoms with Crippen molar-refractivity contribution in [3.63, 3.8) is 0 Å². The lowest BCUT2D eigenvalue weighted by atomic mass is 10.1. The third-order valence-corrected chi connectivity index (χ3v) is 2.97. The Hall–Kier alpha value is -1.48. The molecule has 0 fully saturated rings. The Morgan fingerprint density at radius 2 is 2.20 bits per heavy atom. The van der Waals surface area contributed by atoms with Crippen LogP contribution in [-0.4, -0.2) is 5.78 Å². The van der Waals surface area contributed by atoms with E-state index in [1.807, 2.05) is 52.8 Å². The number of Topliss-reactive ketones (excluding diaryl/α,β-unsaturated/α-hetero) is 1. The van der Waals surface area contributed by atoms with E-state index in [-0.39, 0.29) is 5.78 Å². The van der Waals surface area contributed by atoms with Crippen LogP contribution in [0.25, 0.3) is 0 Å². The van der Waals surface area contributed by atoms with Crippen molar-refractivity contribution in [2.24, 2.45) is 0 Å². The quantitative estimate of drug-likeness (QED) is 0.571. The van der Waals surface area contributed by atoms with Crippen molar-refractivity contribution in [3.8, 4) is 0 Å². The number of ketones is 1. The molecule has 2 aromatic rings. The van der Waals surface area contributed by atoms with Crippen LogP contribution in [0.2, 0.25) is 0 Å². The second-order valence-electron chi connectivity index (χ2n) is 3.44. The van der Waals surface area contributed by atoms with Crippen molar-refractivity contribution in [1.82, 2.24) is 0 Å². The van der Waals surface area contributed by atoms with E-state index in [1.165, 1.54) is 0 Å². The van der Waals surface area contributed by atoms with Gasteiger partial charge in [0.25, 0.3) is 0 Å². The van der Waals surface area contributed by atoms with Gasteiger partial charge < -0.3 is 0 Å². The molecule has 0 saturated carbocycles.